The van der Waals surface area contributed by atoms with Crippen molar-refractivity contribution in [1.82, 2.24) is 5.32 Å². The predicted octanol–water partition coefficient (Wildman–Crippen LogP) is 1.96. The molecule has 5 heteroatoms. The molecular weight excluding hydrogens is 282 g/mol. The van der Waals surface area contributed by atoms with Crippen LogP contribution in [0.4, 0.5) is 0 Å². The van der Waals surface area contributed by atoms with Gasteiger partial charge < -0.3 is 14.8 Å². The molecule has 5 nitrogen and oxygen atoms in total. The molecule has 0 unspecified atom stereocenters. The van der Waals surface area contributed by atoms with Crippen LogP contribution in [0.25, 0.3) is 0 Å². The third kappa shape index (κ3) is 5.17. The monoisotopic (exact) mass is 299 g/mol. The SMILES string of the molecule is C#CCOc1cc(C(=O)NCC=C)cc(C(=O)OCC=C)c1. The Bertz CT molecular complexity index is 571. The summed E-state index contributed by atoms with van der Waals surface area (Å²) in [5.41, 5.74) is 0.460. The van der Waals surface area contributed by atoms with Gasteiger partial charge in [-0.2, -0.15) is 0 Å². The third-order valence-electron chi connectivity index (χ3n) is 2.47. The first kappa shape index (κ1) is 17.1. The van der Waals surface area contributed by atoms with Crippen LogP contribution in [0, 0.1) is 12.3 Å². The predicted molar refractivity (Wildman–Crippen MR) is 83.8 cm³/mol. The van der Waals surface area contributed by atoms with E-state index in [0.717, 1.165) is 0 Å². The van der Waals surface area contributed by atoms with E-state index in [1.807, 2.05) is 0 Å². The quantitative estimate of drug-likeness (QED) is 0.453. The molecule has 0 fully saturated rings. The number of hydrogen-bond donors (Lipinski definition) is 1. The molecule has 114 valence electrons. The maximum atomic E-state index is 12.0. The van der Waals surface area contributed by atoms with Crippen molar-refractivity contribution < 1.29 is 19.1 Å². The highest BCUT2D eigenvalue weighted by atomic mass is 16.5. The van der Waals surface area contributed by atoms with E-state index in [9.17, 15) is 9.59 Å². The van der Waals surface area contributed by atoms with E-state index in [0.29, 0.717) is 12.3 Å². The zero-order valence-electron chi connectivity index (χ0n) is 12.1. The second-order valence-corrected chi connectivity index (χ2v) is 4.12. The normalized spacial score (nSPS) is 9.23. The first-order chi connectivity index (χ1) is 10.6. The fourth-order valence-corrected chi connectivity index (χ4v) is 1.54. The van der Waals surface area contributed by atoms with Gasteiger partial charge in [0.25, 0.3) is 5.91 Å². The largest absolute Gasteiger partial charge is 0.481 e. The molecule has 1 aromatic carbocycles. The number of carbonyl (C=O) groups excluding carboxylic acids is 2. The van der Waals surface area contributed by atoms with Crippen LogP contribution in [0.1, 0.15) is 20.7 Å². The molecule has 22 heavy (non-hydrogen) atoms. The summed E-state index contributed by atoms with van der Waals surface area (Å²) >= 11 is 0. The van der Waals surface area contributed by atoms with E-state index in [1.165, 1.54) is 24.3 Å². The van der Waals surface area contributed by atoms with Gasteiger partial charge in [0, 0.05) is 12.1 Å². The molecule has 0 aliphatic rings. The van der Waals surface area contributed by atoms with E-state index in [4.69, 9.17) is 15.9 Å². The van der Waals surface area contributed by atoms with Crippen molar-refractivity contribution in [3.05, 3.63) is 54.6 Å². The molecule has 0 radical (unpaired) electrons. The first-order valence-electron chi connectivity index (χ1n) is 6.50. The molecule has 0 heterocycles. The van der Waals surface area contributed by atoms with Gasteiger partial charge in [-0.05, 0) is 18.2 Å². The number of nitrogens with one attached hydrogen (secondary N) is 1. The van der Waals surface area contributed by atoms with Gasteiger partial charge in [0.05, 0.1) is 5.56 Å². The van der Waals surface area contributed by atoms with Gasteiger partial charge in [-0.15, -0.1) is 13.0 Å². The van der Waals surface area contributed by atoms with Crippen LogP contribution in [-0.4, -0.2) is 31.6 Å². The summed E-state index contributed by atoms with van der Waals surface area (Å²) in [6, 6.07) is 4.39. The fourth-order valence-electron chi connectivity index (χ4n) is 1.54. The summed E-state index contributed by atoms with van der Waals surface area (Å²) < 4.78 is 10.2. The Morgan fingerprint density at radius 3 is 2.59 bits per heavy atom. The molecule has 0 aromatic heterocycles. The minimum Gasteiger partial charge on any atom is -0.481 e. The van der Waals surface area contributed by atoms with Crippen molar-refractivity contribution in [2.24, 2.45) is 0 Å². The maximum absolute atomic E-state index is 12.0. The molecule has 1 aromatic rings. The summed E-state index contributed by atoms with van der Waals surface area (Å²) in [5.74, 6) is 1.69. The minimum absolute atomic E-state index is 0.0267. The van der Waals surface area contributed by atoms with Gasteiger partial charge in [-0.3, -0.25) is 4.79 Å². The molecule has 0 spiro atoms. The number of amides is 1. The van der Waals surface area contributed by atoms with E-state index in [1.54, 1.807) is 6.08 Å². The second kappa shape index (κ2) is 9.03. The lowest BCUT2D eigenvalue weighted by Gasteiger charge is -2.09. The molecule has 1 rings (SSSR count). The summed E-state index contributed by atoms with van der Waals surface area (Å²) in [6.45, 7) is 7.40. The van der Waals surface area contributed by atoms with E-state index < -0.39 is 5.97 Å². The van der Waals surface area contributed by atoms with Crippen LogP contribution >= 0.6 is 0 Å². The molecular formula is C17H17NO4. The average Bonchev–Trinajstić information content (AvgIpc) is 2.55. The number of rotatable bonds is 8. The zero-order chi connectivity index (χ0) is 16.4. The lowest BCUT2D eigenvalue weighted by Crippen LogP contribution is -2.23. The number of ether oxygens (including phenoxy) is 2. The van der Waals surface area contributed by atoms with Gasteiger partial charge >= 0.3 is 5.97 Å². The second-order valence-electron chi connectivity index (χ2n) is 4.12. The number of esters is 1. The molecule has 0 aliphatic heterocycles. The fraction of sp³-hybridized carbons (Fsp3) is 0.176. The summed E-state index contributed by atoms with van der Waals surface area (Å²) in [5, 5.41) is 2.62. The number of benzene rings is 1. The van der Waals surface area contributed by atoms with E-state index >= 15 is 0 Å². The Hall–Kier alpha value is -3.00. The van der Waals surface area contributed by atoms with Gasteiger partial charge in [0.2, 0.25) is 0 Å². The van der Waals surface area contributed by atoms with Gasteiger partial charge in [0.15, 0.2) is 0 Å². The molecule has 0 bridgehead atoms. The molecule has 0 saturated heterocycles. The zero-order valence-corrected chi connectivity index (χ0v) is 12.1. The van der Waals surface area contributed by atoms with Gasteiger partial charge in [-0.1, -0.05) is 24.7 Å². The highest BCUT2D eigenvalue weighted by Gasteiger charge is 2.14. The first-order valence-corrected chi connectivity index (χ1v) is 6.50. The van der Waals surface area contributed by atoms with E-state index in [-0.39, 0.29) is 30.2 Å². The van der Waals surface area contributed by atoms with Crippen LogP contribution in [0.2, 0.25) is 0 Å². The van der Waals surface area contributed by atoms with Gasteiger partial charge in [-0.25, -0.2) is 4.79 Å². The third-order valence-corrected chi connectivity index (χ3v) is 2.47. The Morgan fingerprint density at radius 1 is 1.23 bits per heavy atom. The maximum Gasteiger partial charge on any atom is 0.338 e. The van der Waals surface area contributed by atoms with Crippen molar-refractivity contribution in [3.8, 4) is 18.1 Å². The van der Waals surface area contributed by atoms with Crippen molar-refractivity contribution in [1.29, 1.82) is 0 Å². The molecule has 0 atom stereocenters. The van der Waals surface area contributed by atoms with Crippen molar-refractivity contribution in [2.45, 2.75) is 0 Å². The number of terminal acetylenes is 1. The number of hydrogen-bond acceptors (Lipinski definition) is 4. The topological polar surface area (TPSA) is 64.6 Å². The molecule has 0 aliphatic carbocycles. The molecule has 0 saturated carbocycles. The lowest BCUT2D eigenvalue weighted by molar-refractivity contribution is 0.0549. The van der Waals surface area contributed by atoms with Crippen molar-refractivity contribution in [3.63, 3.8) is 0 Å². The Balaban J connectivity index is 3.06. The Kier molecular flexibility index (Phi) is 7.00. The summed E-state index contributed by atoms with van der Waals surface area (Å²) in [4.78, 5) is 23.9. The van der Waals surface area contributed by atoms with Crippen LogP contribution < -0.4 is 10.1 Å². The van der Waals surface area contributed by atoms with Crippen molar-refractivity contribution >= 4 is 11.9 Å². The average molecular weight is 299 g/mol. The Labute approximate surface area is 129 Å². The summed E-state index contributed by atoms with van der Waals surface area (Å²) in [6.07, 6.45) is 8.14. The van der Waals surface area contributed by atoms with Crippen LogP contribution in [-0.2, 0) is 4.74 Å². The highest BCUT2D eigenvalue weighted by Crippen LogP contribution is 2.18. The van der Waals surface area contributed by atoms with E-state index in [2.05, 4.69) is 24.4 Å². The molecule has 1 amide bonds. The lowest BCUT2D eigenvalue weighted by atomic mass is 10.1. The van der Waals surface area contributed by atoms with Crippen LogP contribution in [0.15, 0.2) is 43.5 Å². The minimum atomic E-state index is -0.580. The van der Waals surface area contributed by atoms with Crippen molar-refractivity contribution in [2.75, 3.05) is 19.8 Å². The molecule has 1 N–H and O–H groups in total. The van der Waals surface area contributed by atoms with Gasteiger partial charge in [0.1, 0.15) is 19.0 Å². The van der Waals surface area contributed by atoms with Crippen LogP contribution in [0.3, 0.4) is 0 Å². The Morgan fingerprint density at radius 2 is 1.95 bits per heavy atom. The number of carbonyl (C=O) groups is 2. The highest BCUT2D eigenvalue weighted by molar-refractivity contribution is 5.98. The van der Waals surface area contributed by atoms with Crippen LogP contribution in [0.5, 0.6) is 5.75 Å². The standard InChI is InChI=1S/C17H17NO4/c1-4-7-18-16(19)13-10-14(17(20)22-9-6-3)12-15(11-13)21-8-5-2/h2,4,6,10-12H,1,3,7-9H2,(H,18,19). The summed E-state index contributed by atoms with van der Waals surface area (Å²) in [7, 11) is 0. The smallest absolute Gasteiger partial charge is 0.338 e.